The second kappa shape index (κ2) is 11.0. The summed E-state index contributed by atoms with van der Waals surface area (Å²) in [5, 5.41) is 3.00. The van der Waals surface area contributed by atoms with E-state index in [0.29, 0.717) is 25.3 Å². The summed E-state index contributed by atoms with van der Waals surface area (Å²) in [6.07, 6.45) is 8.42. The highest BCUT2D eigenvalue weighted by molar-refractivity contribution is 5.91. The van der Waals surface area contributed by atoms with E-state index in [1.165, 1.54) is 0 Å². The smallest absolute Gasteiger partial charge is 0.224 e. The van der Waals surface area contributed by atoms with Crippen LogP contribution >= 0.6 is 0 Å². The molecule has 0 spiro atoms. The summed E-state index contributed by atoms with van der Waals surface area (Å²) in [5.41, 5.74) is 1.79. The number of imidazole rings is 1. The van der Waals surface area contributed by atoms with Crippen molar-refractivity contribution in [1.29, 1.82) is 0 Å². The van der Waals surface area contributed by atoms with Gasteiger partial charge in [0.1, 0.15) is 11.6 Å². The molecule has 2 heterocycles. The maximum atomic E-state index is 12.7. The largest absolute Gasteiger partial charge is 0.497 e. The normalized spacial score (nSPS) is 16.2. The summed E-state index contributed by atoms with van der Waals surface area (Å²) in [5.74, 6) is 2.38. The summed E-state index contributed by atoms with van der Waals surface area (Å²) in [4.78, 5) is 31.4. The predicted octanol–water partition coefficient (Wildman–Crippen LogP) is 3.81. The number of nitrogens with one attached hydrogen (secondary N) is 1. The molecule has 2 aromatic rings. The first-order chi connectivity index (χ1) is 15.0. The molecule has 1 N–H and O–H groups in total. The molecule has 2 amide bonds. The Hall–Kier alpha value is -2.83. The van der Waals surface area contributed by atoms with Crippen molar-refractivity contribution in [1.82, 2.24) is 14.5 Å². The van der Waals surface area contributed by atoms with Gasteiger partial charge in [0, 0.05) is 57.0 Å². The van der Waals surface area contributed by atoms with Gasteiger partial charge in [-0.2, -0.15) is 0 Å². The number of carbonyl (C=O) groups excluding carboxylic acids is 2. The van der Waals surface area contributed by atoms with Crippen molar-refractivity contribution in [2.75, 3.05) is 25.5 Å². The van der Waals surface area contributed by atoms with Crippen molar-refractivity contribution in [3.63, 3.8) is 0 Å². The minimum atomic E-state index is 0.0175. The predicted molar refractivity (Wildman–Crippen MR) is 121 cm³/mol. The Labute approximate surface area is 184 Å². The number of likely N-dealkylation sites (tertiary alicyclic amines) is 1. The number of methoxy groups -OCH3 is 1. The third-order valence-electron chi connectivity index (χ3n) is 6.04. The van der Waals surface area contributed by atoms with Crippen LogP contribution in [0.2, 0.25) is 0 Å². The maximum Gasteiger partial charge on any atom is 0.224 e. The van der Waals surface area contributed by atoms with E-state index in [1.807, 2.05) is 36.2 Å². The number of hydrogen-bond donors (Lipinski definition) is 1. The molecule has 1 aliphatic rings. The first-order valence-electron chi connectivity index (χ1n) is 11.2. The number of anilines is 1. The molecule has 0 aliphatic carbocycles. The van der Waals surface area contributed by atoms with Gasteiger partial charge in [-0.05, 0) is 55.9 Å². The SMILES string of the molecule is CCc1nccn1CCC(=O)N1CCC[C@@H](CCC(=O)Nc2ccc(OC)cc2C)C1. The van der Waals surface area contributed by atoms with Gasteiger partial charge in [-0.15, -0.1) is 0 Å². The molecule has 7 nitrogen and oxygen atoms in total. The molecule has 0 radical (unpaired) electrons. The number of benzene rings is 1. The fourth-order valence-electron chi connectivity index (χ4n) is 4.21. The molecular formula is C24H34N4O3. The average Bonchev–Trinajstić information content (AvgIpc) is 3.25. The van der Waals surface area contributed by atoms with Gasteiger partial charge in [-0.3, -0.25) is 9.59 Å². The van der Waals surface area contributed by atoms with E-state index in [1.54, 1.807) is 13.3 Å². The summed E-state index contributed by atoms with van der Waals surface area (Å²) < 4.78 is 7.27. The lowest BCUT2D eigenvalue weighted by atomic mass is 9.93. The number of aryl methyl sites for hydroxylation is 3. The van der Waals surface area contributed by atoms with Crippen molar-refractivity contribution in [2.24, 2.45) is 5.92 Å². The summed E-state index contributed by atoms with van der Waals surface area (Å²) in [6.45, 7) is 6.26. The highest BCUT2D eigenvalue weighted by Crippen LogP contribution is 2.24. The first-order valence-corrected chi connectivity index (χ1v) is 11.2. The Bertz CT molecular complexity index is 893. The Morgan fingerprint density at radius 1 is 1.29 bits per heavy atom. The third-order valence-corrected chi connectivity index (χ3v) is 6.04. The lowest BCUT2D eigenvalue weighted by Crippen LogP contribution is -2.40. The zero-order valence-corrected chi connectivity index (χ0v) is 18.9. The molecule has 168 valence electrons. The van der Waals surface area contributed by atoms with Crippen molar-refractivity contribution < 1.29 is 14.3 Å². The van der Waals surface area contributed by atoms with Gasteiger partial charge in [0.05, 0.1) is 7.11 Å². The van der Waals surface area contributed by atoms with E-state index < -0.39 is 0 Å². The summed E-state index contributed by atoms with van der Waals surface area (Å²) in [7, 11) is 1.63. The van der Waals surface area contributed by atoms with Crippen molar-refractivity contribution in [3.8, 4) is 5.75 Å². The van der Waals surface area contributed by atoms with Gasteiger partial charge in [0.2, 0.25) is 11.8 Å². The molecule has 1 aromatic heterocycles. The molecule has 0 unspecified atom stereocenters. The molecule has 1 aliphatic heterocycles. The molecular weight excluding hydrogens is 392 g/mol. The maximum absolute atomic E-state index is 12.7. The zero-order chi connectivity index (χ0) is 22.2. The van der Waals surface area contributed by atoms with Crippen molar-refractivity contribution >= 4 is 17.5 Å². The average molecular weight is 427 g/mol. The number of aromatic nitrogens is 2. The highest BCUT2D eigenvalue weighted by atomic mass is 16.5. The van der Waals surface area contributed by atoms with E-state index in [9.17, 15) is 9.59 Å². The van der Waals surface area contributed by atoms with Gasteiger partial charge < -0.3 is 19.5 Å². The number of piperidine rings is 1. The van der Waals surface area contributed by atoms with Crippen LogP contribution < -0.4 is 10.1 Å². The van der Waals surface area contributed by atoms with Crippen LogP contribution in [0.4, 0.5) is 5.69 Å². The molecule has 0 bridgehead atoms. The Morgan fingerprint density at radius 3 is 2.87 bits per heavy atom. The van der Waals surface area contributed by atoms with E-state index in [0.717, 1.165) is 61.6 Å². The highest BCUT2D eigenvalue weighted by Gasteiger charge is 2.24. The van der Waals surface area contributed by atoms with E-state index >= 15 is 0 Å². The van der Waals surface area contributed by atoms with Crippen LogP contribution in [0.25, 0.3) is 0 Å². The fraction of sp³-hybridized carbons (Fsp3) is 0.542. The van der Waals surface area contributed by atoms with Crippen LogP contribution in [-0.4, -0.2) is 46.5 Å². The lowest BCUT2D eigenvalue weighted by molar-refractivity contribution is -0.133. The molecule has 31 heavy (non-hydrogen) atoms. The molecule has 1 saturated heterocycles. The zero-order valence-electron chi connectivity index (χ0n) is 18.9. The van der Waals surface area contributed by atoms with Crippen molar-refractivity contribution in [2.45, 2.75) is 58.9 Å². The van der Waals surface area contributed by atoms with Gasteiger partial charge in [0.15, 0.2) is 0 Å². The van der Waals surface area contributed by atoms with E-state index in [-0.39, 0.29) is 11.8 Å². The van der Waals surface area contributed by atoms with E-state index in [4.69, 9.17) is 4.74 Å². The molecule has 7 heteroatoms. The second-order valence-electron chi connectivity index (χ2n) is 8.26. The Kier molecular flexibility index (Phi) is 8.09. The number of nitrogens with zero attached hydrogens (tertiary/aromatic N) is 3. The minimum Gasteiger partial charge on any atom is -0.497 e. The van der Waals surface area contributed by atoms with Crippen molar-refractivity contribution in [3.05, 3.63) is 42.0 Å². The summed E-state index contributed by atoms with van der Waals surface area (Å²) in [6, 6.07) is 5.63. The number of carbonyl (C=O) groups is 2. The quantitative estimate of drug-likeness (QED) is 0.662. The van der Waals surface area contributed by atoms with Crippen LogP contribution in [0.15, 0.2) is 30.6 Å². The lowest BCUT2D eigenvalue weighted by Gasteiger charge is -2.33. The van der Waals surface area contributed by atoms with Crippen LogP contribution in [0.5, 0.6) is 5.75 Å². The van der Waals surface area contributed by atoms with Crippen LogP contribution in [0.3, 0.4) is 0 Å². The number of hydrogen-bond acceptors (Lipinski definition) is 4. The van der Waals surface area contributed by atoms with E-state index in [2.05, 4.69) is 21.8 Å². The first kappa shape index (κ1) is 22.8. The number of ether oxygens (including phenoxy) is 1. The van der Waals surface area contributed by atoms with Crippen LogP contribution in [-0.2, 0) is 22.6 Å². The minimum absolute atomic E-state index is 0.0175. The molecule has 3 rings (SSSR count). The topological polar surface area (TPSA) is 76.5 Å². The molecule has 1 atom stereocenters. The fourth-order valence-corrected chi connectivity index (χ4v) is 4.21. The van der Waals surface area contributed by atoms with Gasteiger partial charge >= 0.3 is 0 Å². The van der Waals surface area contributed by atoms with Gasteiger partial charge in [-0.25, -0.2) is 4.98 Å². The summed E-state index contributed by atoms with van der Waals surface area (Å²) >= 11 is 0. The third kappa shape index (κ3) is 6.32. The van der Waals surface area contributed by atoms with Gasteiger partial charge in [-0.1, -0.05) is 6.92 Å². The molecule has 1 aromatic carbocycles. The number of amides is 2. The van der Waals surface area contributed by atoms with Gasteiger partial charge in [0.25, 0.3) is 0 Å². The second-order valence-corrected chi connectivity index (χ2v) is 8.26. The molecule has 1 fully saturated rings. The monoisotopic (exact) mass is 426 g/mol. The Balaban J connectivity index is 1.44. The van der Waals surface area contributed by atoms with Crippen LogP contribution in [0.1, 0.15) is 50.4 Å². The molecule has 0 saturated carbocycles. The Morgan fingerprint density at radius 2 is 2.13 bits per heavy atom. The van der Waals surface area contributed by atoms with Crippen LogP contribution in [0, 0.1) is 12.8 Å². The standard InChI is InChI=1S/C24H34N4O3/c1-4-22-25-12-15-27(22)14-11-24(30)28-13-5-6-19(17-28)7-10-23(29)26-21-9-8-20(31-3)16-18(21)2/h8-9,12,15-16,19H,4-7,10-11,13-14,17H2,1-3H3,(H,26,29)/t19-/m0/s1. The number of rotatable bonds is 9.